The Morgan fingerprint density at radius 1 is 1.13 bits per heavy atom. The van der Waals surface area contributed by atoms with Gasteiger partial charge in [-0.05, 0) is 23.8 Å². The van der Waals surface area contributed by atoms with Crippen molar-refractivity contribution in [1.82, 2.24) is 4.98 Å². The third-order valence-electron chi connectivity index (χ3n) is 3.66. The average molecular weight is 368 g/mol. The van der Waals surface area contributed by atoms with Crippen LogP contribution in [0, 0.1) is 5.82 Å². The predicted molar refractivity (Wildman–Crippen MR) is 79.0 cm³/mol. The first-order chi connectivity index (χ1) is 10.6. The maximum absolute atomic E-state index is 13.6. The summed E-state index contributed by atoms with van der Waals surface area (Å²) in [4.78, 5) is 3.58. The van der Waals surface area contributed by atoms with Crippen LogP contribution in [-0.2, 0) is 5.60 Å². The third-order valence-corrected chi connectivity index (χ3v) is 4.21. The van der Waals surface area contributed by atoms with Gasteiger partial charge in [-0.1, -0.05) is 42.3 Å². The fraction of sp³-hybridized carbons (Fsp3) is 0.267. The first-order valence-electron chi connectivity index (χ1n) is 6.43. The molecule has 1 heterocycles. The molecule has 2 rings (SSSR count). The second-order valence-corrected chi connectivity index (χ2v) is 5.82. The van der Waals surface area contributed by atoms with Crippen LogP contribution < -0.4 is 0 Å². The molecule has 1 aromatic heterocycles. The zero-order valence-corrected chi connectivity index (χ0v) is 13.2. The van der Waals surface area contributed by atoms with E-state index in [1.807, 2.05) is 0 Å². The van der Waals surface area contributed by atoms with Crippen molar-refractivity contribution in [2.24, 2.45) is 0 Å². The fourth-order valence-corrected chi connectivity index (χ4v) is 2.78. The van der Waals surface area contributed by atoms with Crippen molar-refractivity contribution in [3.8, 4) is 0 Å². The first-order valence-corrected chi connectivity index (χ1v) is 7.19. The molecule has 8 heteroatoms. The van der Waals surface area contributed by atoms with Crippen molar-refractivity contribution < 1.29 is 22.7 Å². The van der Waals surface area contributed by atoms with Gasteiger partial charge in [0.1, 0.15) is 11.0 Å². The summed E-state index contributed by atoms with van der Waals surface area (Å²) in [5.41, 5.74) is -3.78. The molecule has 0 saturated carbocycles. The highest BCUT2D eigenvalue weighted by Crippen LogP contribution is 2.49. The molecule has 2 aromatic rings. The van der Waals surface area contributed by atoms with Gasteiger partial charge < -0.3 is 5.11 Å². The molecule has 0 radical (unpaired) electrons. The number of hydrogen-bond donors (Lipinski definition) is 1. The van der Waals surface area contributed by atoms with Crippen LogP contribution in [0.4, 0.5) is 17.6 Å². The van der Waals surface area contributed by atoms with E-state index in [1.165, 1.54) is 0 Å². The molecule has 0 fully saturated rings. The minimum absolute atomic E-state index is 0.00857. The largest absolute Gasteiger partial charge is 0.422 e. The molecular formula is C15H11Cl2F4NO. The van der Waals surface area contributed by atoms with E-state index in [1.54, 1.807) is 0 Å². The lowest BCUT2D eigenvalue weighted by atomic mass is 9.78. The van der Waals surface area contributed by atoms with E-state index in [0.29, 0.717) is 0 Å². The summed E-state index contributed by atoms with van der Waals surface area (Å²) in [6.07, 6.45) is -4.16. The summed E-state index contributed by atoms with van der Waals surface area (Å²) in [5.74, 6) is -2.19. The Balaban J connectivity index is 2.60. The second-order valence-electron chi connectivity index (χ2n) is 5.02. The Morgan fingerprint density at radius 2 is 1.78 bits per heavy atom. The number of nitrogens with zero attached hydrogens (tertiary/aromatic N) is 1. The van der Waals surface area contributed by atoms with Gasteiger partial charge in [0.25, 0.3) is 0 Å². The number of aromatic nitrogens is 1. The second kappa shape index (κ2) is 6.26. The van der Waals surface area contributed by atoms with Gasteiger partial charge >= 0.3 is 6.18 Å². The minimum Gasteiger partial charge on any atom is -0.376 e. The highest BCUT2D eigenvalue weighted by atomic mass is 35.5. The molecule has 23 heavy (non-hydrogen) atoms. The van der Waals surface area contributed by atoms with E-state index in [9.17, 15) is 22.7 Å². The number of pyridine rings is 1. The van der Waals surface area contributed by atoms with Crippen molar-refractivity contribution in [2.45, 2.75) is 24.6 Å². The fourth-order valence-electron chi connectivity index (χ4n) is 2.34. The highest BCUT2D eigenvalue weighted by Gasteiger charge is 2.59. The third kappa shape index (κ3) is 3.29. The molecule has 0 spiro atoms. The lowest BCUT2D eigenvalue weighted by Gasteiger charge is -2.36. The summed E-state index contributed by atoms with van der Waals surface area (Å²) in [6.45, 7) is 1.15. The van der Waals surface area contributed by atoms with Crippen LogP contribution in [-0.4, -0.2) is 16.3 Å². The number of halogens is 6. The van der Waals surface area contributed by atoms with E-state index < -0.39 is 29.1 Å². The number of rotatable bonds is 3. The van der Waals surface area contributed by atoms with E-state index in [0.717, 1.165) is 43.5 Å². The lowest BCUT2D eigenvalue weighted by Crippen LogP contribution is -2.46. The van der Waals surface area contributed by atoms with Gasteiger partial charge in [-0.3, -0.25) is 0 Å². The molecule has 0 aliphatic heterocycles. The monoisotopic (exact) mass is 367 g/mol. The van der Waals surface area contributed by atoms with Crippen molar-refractivity contribution in [1.29, 1.82) is 0 Å². The molecule has 2 atom stereocenters. The van der Waals surface area contributed by atoms with Crippen LogP contribution in [0.2, 0.25) is 10.2 Å². The molecule has 0 bridgehead atoms. The molecule has 2 unspecified atom stereocenters. The molecule has 0 saturated heterocycles. The smallest absolute Gasteiger partial charge is 0.376 e. The predicted octanol–water partition coefficient (Wildman–Crippen LogP) is 5.08. The van der Waals surface area contributed by atoms with Crippen LogP contribution in [0.15, 0.2) is 36.5 Å². The Bertz CT molecular complexity index is 706. The van der Waals surface area contributed by atoms with Crippen molar-refractivity contribution in [3.63, 3.8) is 0 Å². The number of alkyl halides is 3. The van der Waals surface area contributed by atoms with E-state index in [2.05, 4.69) is 4.98 Å². The molecule has 0 amide bonds. The lowest BCUT2D eigenvalue weighted by molar-refractivity contribution is -0.274. The standard InChI is InChI=1S/C15H11Cl2F4NO/c1-8(11-4-3-10(18)6-12(11)16)14(23,15(19,20)21)9-2-5-13(17)22-7-9/h2-8,23H,1H3. The summed E-state index contributed by atoms with van der Waals surface area (Å²) < 4.78 is 53.9. The average Bonchev–Trinajstić information content (AvgIpc) is 2.45. The SMILES string of the molecule is CC(c1ccc(F)cc1Cl)C(O)(c1ccc(Cl)nc1)C(F)(F)F. The number of aliphatic hydroxyl groups is 1. The van der Waals surface area contributed by atoms with Gasteiger partial charge in [0, 0.05) is 22.7 Å². The van der Waals surface area contributed by atoms with Gasteiger partial charge in [0.15, 0.2) is 5.60 Å². The van der Waals surface area contributed by atoms with Crippen LogP contribution in [0.1, 0.15) is 24.0 Å². The van der Waals surface area contributed by atoms with Crippen LogP contribution in [0.5, 0.6) is 0 Å². The van der Waals surface area contributed by atoms with Crippen LogP contribution >= 0.6 is 23.2 Å². The molecule has 1 N–H and O–H groups in total. The minimum atomic E-state index is -5.01. The summed E-state index contributed by atoms with van der Waals surface area (Å²) in [6, 6.07) is 5.17. The Morgan fingerprint density at radius 3 is 2.26 bits per heavy atom. The maximum Gasteiger partial charge on any atom is 0.422 e. The zero-order valence-electron chi connectivity index (χ0n) is 11.7. The number of benzene rings is 1. The molecular weight excluding hydrogens is 357 g/mol. The maximum atomic E-state index is 13.6. The first kappa shape index (κ1) is 18.0. The van der Waals surface area contributed by atoms with Gasteiger partial charge in [0.05, 0.1) is 0 Å². The zero-order chi connectivity index (χ0) is 17.4. The molecule has 2 nitrogen and oxygen atoms in total. The summed E-state index contributed by atoms with van der Waals surface area (Å²) in [7, 11) is 0. The summed E-state index contributed by atoms with van der Waals surface area (Å²) in [5, 5.41) is 10.3. The topological polar surface area (TPSA) is 33.1 Å². The Kier molecular flexibility index (Phi) is 4.89. The summed E-state index contributed by atoms with van der Waals surface area (Å²) >= 11 is 11.4. The Hall–Kier alpha value is -1.37. The normalized spacial score (nSPS) is 16.0. The van der Waals surface area contributed by atoms with Crippen molar-refractivity contribution in [3.05, 3.63) is 63.6 Å². The molecule has 1 aromatic carbocycles. The van der Waals surface area contributed by atoms with Crippen molar-refractivity contribution in [2.75, 3.05) is 0 Å². The number of hydrogen-bond acceptors (Lipinski definition) is 2. The Labute approximate surface area is 139 Å². The van der Waals surface area contributed by atoms with E-state index in [4.69, 9.17) is 23.2 Å². The van der Waals surface area contributed by atoms with Crippen LogP contribution in [0.25, 0.3) is 0 Å². The van der Waals surface area contributed by atoms with Gasteiger partial charge in [-0.25, -0.2) is 9.37 Å². The van der Waals surface area contributed by atoms with Crippen molar-refractivity contribution >= 4 is 23.2 Å². The quantitative estimate of drug-likeness (QED) is 0.605. The highest BCUT2D eigenvalue weighted by molar-refractivity contribution is 6.31. The van der Waals surface area contributed by atoms with E-state index in [-0.39, 0.29) is 15.7 Å². The van der Waals surface area contributed by atoms with Crippen LogP contribution in [0.3, 0.4) is 0 Å². The van der Waals surface area contributed by atoms with Gasteiger partial charge in [-0.2, -0.15) is 13.2 Å². The van der Waals surface area contributed by atoms with Gasteiger partial charge in [-0.15, -0.1) is 0 Å². The van der Waals surface area contributed by atoms with Gasteiger partial charge in [0.2, 0.25) is 0 Å². The van der Waals surface area contributed by atoms with E-state index >= 15 is 0 Å². The molecule has 0 aliphatic carbocycles. The molecule has 124 valence electrons. The molecule has 0 aliphatic rings.